The largest absolute Gasteiger partial charge is 0.357 e. The highest BCUT2D eigenvalue weighted by Crippen LogP contribution is 2.10. The van der Waals surface area contributed by atoms with Gasteiger partial charge in [-0.3, -0.25) is 9.59 Å². The van der Waals surface area contributed by atoms with E-state index in [1.54, 1.807) is 24.1 Å². The summed E-state index contributed by atoms with van der Waals surface area (Å²) in [5, 5.41) is 5.67. The monoisotopic (exact) mass is 279 g/mol. The fourth-order valence-corrected chi connectivity index (χ4v) is 2.28. The lowest BCUT2D eigenvalue weighted by Gasteiger charge is -2.35. The predicted molar refractivity (Wildman–Crippen MR) is 72.5 cm³/mol. The lowest BCUT2D eigenvalue weighted by Crippen LogP contribution is -2.59. The normalized spacial score (nSPS) is 18.7. The molecule has 1 aliphatic heterocycles. The molecule has 1 atom stereocenters. The maximum atomic E-state index is 12.8. The van der Waals surface area contributed by atoms with E-state index in [0.29, 0.717) is 19.6 Å². The fraction of sp³-hybridized carbons (Fsp3) is 0.429. The Bertz CT molecular complexity index is 490. The minimum Gasteiger partial charge on any atom is -0.357 e. The van der Waals surface area contributed by atoms with Gasteiger partial charge in [0.1, 0.15) is 11.9 Å². The molecule has 6 heteroatoms. The molecule has 0 saturated carbocycles. The van der Waals surface area contributed by atoms with Crippen molar-refractivity contribution in [2.75, 3.05) is 26.7 Å². The molecule has 1 aromatic rings. The standard InChI is InChI=1S/C14H18FN3O2/c1-16-14(20)12-9-17-6-7-18(12)13(19)8-10-2-4-11(15)5-3-10/h2-5,12,17H,6-9H2,1H3,(H,16,20). The molecule has 1 fully saturated rings. The predicted octanol–water partition coefficient (Wildman–Crippen LogP) is -0.0854. The molecule has 1 saturated heterocycles. The Hall–Kier alpha value is -1.95. The number of piperazine rings is 1. The van der Waals surface area contributed by atoms with E-state index >= 15 is 0 Å². The molecule has 2 N–H and O–H groups in total. The van der Waals surface area contributed by atoms with Gasteiger partial charge in [-0.05, 0) is 17.7 Å². The molecule has 108 valence electrons. The van der Waals surface area contributed by atoms with Crippen molar-refractivity contribution in [2.45, 2.75) is 12.5 Å². The molecule has 0 spiro atoms. The third kappa shape index (κ3) is 3.33. The first-order chi connectivity index (χ1) is 9.61. The van der Waals surface area contributed by atoms with Crippen molar-refractivity contribution in [2.24, 2.45) is 0 Å². The highest BCUT2D eigenvalue weighted by molar-refractivity contribution is 5.88. The molecule has 2 rings (SSSR count). The van der Waals surface area contributed by atoms with Crippen molar-refractivity contribution in [1.29, 1.82) is 0 Å². The summed E-state index contributed by atoms with van der Waals surface area (Å²) in [5.74, 6) is -0.622. The van der Waals surface area contributed by atoms with Crippen molar-refractivity contribution >= 4 is 11.8 Å². The number of carbonyl (C=O) groups is 2. The van der Waals surface area contributed by atoms with Crippen molar-refractivity contribution in [3.8, 4) is 0 Å². The molecule has 1 aliphatic rings. The first-order valence-electron chi connectivity index (χ1n) is 6.58. The zero-order chi connectivity index (χ0) is 14.5. The zero-order valence-electron chi connectivity index (χ0n) is 11.4. The average Bonchev–Trinajstić information content (AvgIpc) is 2.48. The van der Waals surface area contributed by atoms with Crippen LogP contribution in [0, 0.1) is 5.82 Å². The van der Waals surface area contributed by atoms with E-state index in [0.717, 1.165) is 5.56 Å². The van der Waals surface area contributed by atoms with Gasteiger partial charge in [-0.2, -0.15) is 0 Å². The highest BCUT2D eigenvalue weighted by atomic mass is 19.1. The molecule has 1 unspecified atom stereocenters. The van der Waals surface area contributed by atoms with Gasteiger partial charge < -0.3 is 15.5 Å². The molecular formula is C14H18FN3O2. The lowest BCUT2D eigenvalue weighted by atomic mass is 10.1. The Morgan fingerprint density at radius 1 is 1.40 bits per heavy atom. The molecule has 1 aromatic carbocycles. The number of nitrogens with one attached hydrogen (secondary N) is 2. The van der Waals surface area contributed by atoms with E-state index in [1.807, 2.05) is 0 Å². The van der Waals surface area contributed by atoms with Gasteiger partial charge in [-0.1, -0.05) is 12.1 Å². The Morgan fingerprint density at radius 3 is 2.75 bits per heavy atom. The van der Waals surface area contributed by atoms with Gasteiger partial charge in [-0.15, -0.1) is 0 Å². The zero-order valence-corrected chi connectivity index (χ0v) is 11.4. The summed E-state index contributed by atoms with van der Waals surface area (Å²) >= 11 is 0. The Labute approximate surface area is 117 Å². The van der Waals surface area contributed by atoms with Crippen LogP contribution in [0.15, 0.2) is 24.3 Å². The number of rotatable bonds is 3. The van der Waals surface area contributed by atoms with Crippen LogP contribution in [0.1, 0.15) is 5.56 Å². The summed E-state index contributed by atoms with van der Waals surface area (Å²) in [7, 11) is 1.56. The maximum Gasteiger partial charge on any atom is 0.243 e. The number of carbonyl (C=O) groups excluding carboxylic acids is 2. The van der Waals surface area contributed by atoms with Gasteiger partial charge in [0.25, 0.3) is 0 Å². The first kappa shape index (κ1) is 14.5. The van der Waals surface area contributed by atoms with Crippen molar-refractivity contribution in [3.63, 3.8) is 0 Å². The molecule has 5 nitrogen and oxygen atoms in total. The van der Waals surface area contributed by atoms with Crippen LogP contribution in [0.2, 0.25) is 0 Å². The molecule has 0 bridgehead atoms. The summed E-state index contributed by atoms with van der Waals surface area (Å²) < 4.78 is 12.8. The number of likely N-dealkylation sites (N-methyl/N-ethyl adjacent to an activating group) is 1. The topological polar surface area (TPSA) is 61.4 Å². The third-order valence-electron chi connectivity index (χ3n) is 3.38. The summed E-state index contributed by atoms with van der Waals surface area (Å²) in [6.07, 6.45) is 0.174. The molecule has 20 heavy (non-hydrogen) atoms. The molecule has 1 heterocycles. The Balaban J connectivity index is 2.05. The second-order valence-corrected chi connectivity index (χ2v) is 4.72. The molecular weight excluding hydrogens is 261 g/mol. The number of hydrogen-bond donors (Lipinski definition) is 2. The van der Waals surface area contributed by atoms with Crippen LogP contribution in [-0.2, 0) is 16.0 Å². The SMILES string of the molecule is CNC(=O)C1CNCCN1C(=O)Cc1ccc(F)cc1. The van der Waals surface area contributed by atoms with E-state index in [4.69, 9.17) is 0 Å². The number of benzene rings is 1. The average molecular weight is 279 g/mol. The van der Waals surface area contributed by atoms with Crippen molar-refractivity contribution in [1.82, 2.24) is 15.5 Å². The van der Waals surface area contributed by atoms with Gasteiger partial charge in [0.05, 0.1) is 6.42 Å². The summed E-state index contributed by atoms with van der Waals surface area (Å²) in [5.41, 5.74) is 0.741. The summed E-state index contributed by atoms with van der Waals surface area (Å²) in [6.45, 7) is 1.62. The Morgan fingerprint density at radius 2 is 2.10 bits per heavy atom. The van der Waals surface area contributed by atoms with E-state index in [2.05, 4.69) is 10.6 Å². The second kappa shape index (κ2) is 6.47. The van der Waals surface area contributed by atoms with Gasteiger partial charge >= 0.3 is 0 Å². The number of hydrogen-bond acceptors (Lipinski definition) is 3. The molecule has 0 aromatic heterocycles. The van der Waals surface area contributed by atoms with Gasteiger partial charge in [0, 0.05) is 26.7 Å². The summed E-state index contributed by atoms with van der Waals surface area (Å²) in [6, 6.07) is 5.35. The smallest absolute Gasteiger partial charge is 0.243 e. The molecule has 0 radical (unpaired) electrons. The number of amides is 2. The lowest BCUT2D eigenvalue weighted by molar-refractivity contribution is -0.140. The van der Waals surface area contributed by atoms with Crippen LogP contribution in [0.3, 0.4) is 0 Å². The highest BCUT2D eigenvalue weighted by Gasteiger charge is 2.31. The van der Waals surface area contributed by atoms with E-state index < -0.39 is 6.04 Å². The van der Waals surface area contributed by atoms with E-state index in [1.165, 1.54) is 12.1 Å². The van der Waals surface area contributed by atoms with E-state index in [9.17, 15) is 14.0 Å². The first-order valence-corrected chi connectivity index (χ1v) is 6.58. The second-order valence-electron chi connectivity index (χ2n) is 4.72. The maximum absolute atomic E-state index is 12.8. The third-order valence-corrected chi connectivity index (χ3v) is 3.38. The minimum absolute atomic E-state index is 0.119. The van der Waals surface area contributed by atoms with Crippen LogP contribution >= 0.6 is 0 Å². The fourth-order valence-electron chi connectivity index (χ4n) is 2.28. The minimum atomic E-state index is -0.485. The Kier molecular flexibility index (Phi) is 4.68. The molecule has 0 aliphatic carbocycles. The summed E-state index contributed by atoms with van der Waals surface area (Å²) in [4.78, 5) is 25.7. The number of nitrogens with zero attached hydrogens (tertiary/aromatic N) is 1. The van der Waals surface area contributed by atoms with Crippen LogP contribution in [0.5, 0.6) is 0 Å². The quantitative estimate of drug-likeness (QED) is 0.813. The number of halogens is 1. The van der Waals surface area contributed by atoms with Gasteiger partial charge in [-0.25, -0.2) is 4.39 Å². The van der Waals surface area contributed by atoms with Crippen LogP contribution < -0.4 is 10.6 Å². The molecule has 2 amide bonds. The van der Waals surface area contributed by atoms with Crippen molar-refractivity contribution in [3.05, 3.63) is 35.6 Å². The van der Waals surface area contributed by atoms with Crippen LogP contribution in [-0.4, -0.2) is 49.4 Å². The van der Waals surface area contributed by atoms with E-state index in [-0.39, 0.29) is 24.1 Å². The van der Waals surface area contributed by atoms with Crippen LogP contribution in [0.25, 0.3) is 0 Å². The van der Waals surface area contributed by atoms with Crippen LogP contribution in [0.4, 0.5) is 4.39 Å². The van der Waals surface area contributed by atoms with Gasteiger partial charge in [0.2, 0.25) is 11.8 Å². The van der Waals surface area contributed by atoms with Gasteiger partial charge in [0.15, 0.2) is 0 Å². The van der Waals surface area contributed by atoms with Crippen molar-refractivity contribution < 1.29 is 14.0 Å².